The summed E-state index contributed by atoms with van der Waals surface area (Å²) in [7, 11) is -1.78. The van der Waals surface area contributed by atoms with Crippen LogP contribution in [0.25, 0.3) is 0 Å². The lowest BCUT2D eigenvalue weighted by Gasteiger charge is -2.07. The zero-order chi connectivity index (χ0) is 15.7. The second kappa shape index (κ2) is 5.78. The number of hydrogen-bond donors (Lipinski definition) is 0. The molecule has 1 aliphatic rings. The summed E-state index contributed by atoms with van der Waals surface area (Å²) in [5.41, 5.74) is 1.16. The van der Waals surface area contributed by atoms with Crippen molar-refractivity contribution in [2.24, 2.45) is 5.41 Å². The van der Waals surface area contributed by atoms with E-state index in [1.165, 1.54) is 12.7 Å². The number of aryl methyl sites for hydroxylation is 1. The Morgan fingerprint density at radius 3 is 2.33 bits per heavy atom. The Hall–Kier alpha value is -1.38. The van der Waals surface area contributed by atoms with Crippen molar-refractivity contribution in [2.75, 3.05) is 19.5 Å². The van der Waals surface area contributed by atoms with Gasteiger partial charge in [-0.05, 0) is 17.5 Å². The molecule has 0 aliphatic heterocycles. The molecule has 0 radical (unpaired) electrons. The largest absolute Gasteiger partial charge is 0.383 e. The molecule has 0 unspecified atom stereocenters. The highest BCUT2D eigenvalue weighted by Crippen LogP contribution is 2.62. The Labute approximate surface area is 126 Å². The topological polar surface area (TPSA) is 67.2 Å². The van der Waals surface area contributed by atoms with Crippen LogP contribution in [0.15, 0.2) is 24.3 Å². The van der Waals surface area contributed by atoms with E-state index in [9.17, 15) is 13.7 Å². The van der Waals surface area contributed by atoms with Crippen LogP contribution in [0.1, 0.15) is 30.9 Å². The van der Waals surface area contributed by atoms with E-state index in [1.807, 2.05) is 24.3 Å². The lowest BCUT2D eigenvalue weighted by Crippen LogP contribution is -2.20. The highest BCUT2D eigenvalue weighted by molar-refractivity contribution is 7.92. The lowest BCUT2D eigenvalue weighted by atomic mass is 10.00. The summed E-state index contributed by atoms with van der Waals surface area (Å²) in [5.74, 6) is -0.243. The van der Waals surface area contributed by atoms with Crippen LogP contribution < -0.4 is 0 Å². The fraction of sp³-hybridized carbons (Fsp3) is 0.562. The zero-order valence-corrected chi connectivity index (χ0v) is 13.5. The number of nitriles is 1. The molecule has 0 bridgehead atoms. The SMILES string of the molecule is CCc1ccc([C@H]2[C@@H](S(=O)(=O)CC)[C@@]2(C#N)COC)cc1. The minimum absolute atomic E-state index is 0.0500. The first-order valence-electron chi connectivity index (χ1n) is 7.17. The van der Waals surface area contributed by atoms with Crippen LogP contribution in [-0.2, 0) is 21.0 Å². The predicted molar refractivity (Wildman–Crippen MR) is 81.7 cm³/mol. The monoisotopic (exact) mass is 307 g/mol. The van der Waals surface area contributed by atoms with E-state index >= 15 is 0 Å². The van der Waals surface area contributed by atoms with Gasteiger partial charge >= 0.3 is 0 Å². The first-order valence-corrected chi connectivity index (χ1v) is 8.89. The average Bonchev–Trinajstić information content (AvgIpc) is 3.18. The van der Waals surface area contributed by atoms with Gasteiger partial charge in [-0.15, -0.1) is 0 Å². The summed E-state index contributed by atoms with van der Waals surface area (Å²) in [6.07, 6.45) is 0.934. The van der Waals surface area contributed by atoms with Crippen molar-refractivity contribution in [1.82, 2.24) is 0 Å². The second-order valence-electron chi connectivity index (χ2n) is 5.53. The maximum atomic E-state index is 12.3. The molecule has 21 heavy (non-hydrogen) atoms. The van der Waals surface area contributed by atoms with Crippen molar-refractivity contribution < 1.29 is 13.2 Å². The molecule has 2 rings (SSSR count). The van der Waals surface area contributed by atoms with Crippen LogP contribution in [-0.4, -0.2) is 33.1 Å². The standard InChI is InChI=1S/C16H21NO3S/c1-4-12-6-8-13(9-7-12)14-15(21(18,19)5-2)16(14,10-17)11-20-3/h6-9,14-15H,4-5,11H2,1-3H3/t14-,15+,16-/m0/s1. The quantitative estimate of drug-likeness (QED) is 0.809. The molecule has 1 saturated carbocycles. The smallest absolute Gasteiger partial charge is 0.155 e. The van der Waals surface area contributed by atoms with E-state index in [1.54, 1.807) is 6.92 Å². The Kier molecular flexibility index (Phi) is 4.40. The van der Waals surface area contributed by atoms with Gasteiger partial charge in [0.25, 0.3) is 0 Å². The van der Waals surface area contributed by atoms with E-state index in [2.05, 4.69) is 13.0 Å². The zero-order valence-electron chi connectivity index (χ0n) is 12.7. The Balaban J connectivity index is 2.42. The molecular formula is C16H21NO3S. The predicted octanol–water partition coefficient (Wildman–Crippen LogP) is 2.31. The van der Waals surface area contributed by atoms with Crippen LogP contribution in [0, 0.1) is 16.7 Å². The molecule has 1 aliphatic carbocycles. The normalized spacial score (nSPS) is 28.1. The van der Waals surface area contributed by atoms with Crippen molar-refractivity contribution in [3.05, 3.63) is 35.4 Å². The van der Waals surface area contributed by atoms with Gasteiger partial charge in [-0.2, -0.15) is 5.26 Å². The second-order valence-corrected chi connectivity index (χ2v) is 7.94. The van der Waals surface area contributed by atoms with Gasteiger partial charge in [-0.25, -0.2) is 8.42 Å². The third-order valence-electron chi connectivity index (χ3n) is 4.38. The molecule has 3 atom stereocenters. The average molecular weight is 307 g/mol. The van der Waals surface area contributed by atoms with Crippen LogP contribution in [0.4, 0.5) is 0 Å². The Bertz CT molecular complexity index is 645. The maximum Gasteiger partial charge on any atom is 0.155 e. The maximum absolute atomic E-state index is 12.3. The first kappa shape index (κ1) is 16.0. The first-order chi connectivity index (χ1) is 9.96. The highest BCUT2D eigenvalue weighted by Gasteiger charge is 2.71. The highest BCUT2D eigenvalue weighted by atomic mass is 32.2. The van der Waals surface area contributed by atoms with E-state index < -0.39 is 20.5 Å². The van der Waals surface area contributed by atoms with Gasteiger partial charge in [0.1, 0.15) is 5.41 Å². The fourth-order valence-corrected chi connectivity index (χ4v) is 5.12. The molecule has 1 aromatic rings. The molecule has 0 heterocycles. The number of benzene rings is 1. The molecule has 5 heteroatoms. The summed E-state index contributed by atoms with van der Waals surface area (Å²) < 4.78 is 29.8. The van der Waals surface area contributed by atoms with Crippen molar-refractivity contribution in [2.45, 2.75) is 31.4 Å². The van der Waals surface area contributed by atoms with Gasteiger partial charge in [0.15, 0.2) is 9.84 Å². The van der Waals surface area contributed by atoms with Crippen LogP contribution in [0.5, 0.6) is 0 Å². The van der Waals surface area contributed by atoms with Gasteiger partial charge in [0.2, 0.25) is 0 Å². The van der Waals surface area contributed by atoms with Crippen molar-refractivity contribution >= 4 is 9.84 Å². The fourth-order valence-electron chi connectivity index (χ4n) is 3.12. The number of methoxy groups -OCH3 is 1. The van der Waals surface area contributed by atoms with E-state index in [4.69, 9.17) is 4.74 Å². The number of rotatable bonds is 6. The molecule has 1 fully saturated rings. The number of ether oxygens (including phenoxy) is 1. The third-order valence-corrected chi connectivity index (χ3v) is 6.66. The van der Waals surface area contributed by atoms with Crippen LogP contribution in [0.2, 0.25) is 0 Å². The van der Waals surface area contributed by atoms with E-state index in [0.29, 0.717) is 0 Å². The lowest BCUT2D eigenvalue weighted by molar-refractivity contribution is 0.162. The van der Waals surface area contributed by atoms with Crippen LogP contribution >= 0.6 is 0 Å². The summed E-state index contributed by atoms with van der Waals surface area (Å²) in [5, 5.41) is 8.90. The Morgan fingerprint density at radius 2 is 1.90 bits per heavy atom. The van der Waals surface area contributed by atoms with E-state index in [0.717, 1.165) is 12.0 Å². The molecule has 0 saturated heterocycles. The minimum atomic E-state index is -3.28. The molecule has 0 aromatic heterocycles. The molecule has 0 spiro atoms. The van der Waals surface area contributed by atoms with Crippen molar-refractivity contribution in [3.8, 4) is 6.07 Å². The molecule has 1 aromatic carbocycles. The molecule has 114 valence electrons. The number of sulfone groups is 1. The number of nitrogens with zero attached hydrogens (tertiary/aromatic N) is 1. The van der Waals surface area contributed by atoms with Gasteiger partial charge in [-0.1, -0.05) is 38.1 Å². The summed E-state index contributed by atoms with van der Waals surface area (Å²) in [6, 6.07) is 10.1. The molecular weight excluding hydrogens is 286 g/mol. The number of hydrogen-bond acceptors (Lipinski definition) is 4. The minimum Gasteiger partial charge on any atom is -0.383 e. The summed E-state index contributed by atoms with van der Waals surface area (Å²) in [4.78, 5) is 0. The van der Waals surface area contributed by atoms with Crippen molar-refractivity contribution in [1.29, 1.82) is 5.26 Å². The van der Waals surface area contributed by atoms with Gasteiger partial charge in [0, 0.05) is 18.8 Å². The third kappa shape index (κ3) is 2.58. The summed E-state index contributed by atoms with van der Waals surface area (Å²) in [6.45, 7) is 3.84. The van der Waals surface area contributed by atoms with Gasteiger partial charge < -0.3 is 4.74 Å². The molecule has 0 N–H and O–H groups in total. The molecule has 4 nitrogen and oxygen atoms in total. The van der Waals surface area contributed by atoms with Crippen LogP contribution in [0.3, 0.4) is 0 Å². The van der Waals surface area contributed by atoms with Gasteiger partial charge in [0.05, 0.1) is 17.9 Å². The Morgan fingerprint density at radius 1 is 1.29 bits per heavy atom. The summed E-state index contributed by atoms with van der Waals surface area (Å²) >= 11 is 0. The van der Waals surface area contributed by atoms with Gasteiger partial charge in [-0.3, -0.25) is 0 Å². The molecule has 0 amide bonds. The van der Waals surface area contributed by atoms with E-state index in [-0.39, 0.29) is 18.3 Å². The van der Waals surface area contributed by atoms with Crippen molar-refractivity contribution in [3.63, 3.8) is 0 Å².